The van der Waals surface area contributed by atoms with Gasteiger partial charge in [-0.1, -0.05) is 32.8 Å². The van der Waals surface area contributed by atoms with Gasteiger partial charge in [0.2, 0.25) is 0 Å². The van der Waals surface area contributed by atoms with E-state index < -0.39 is 0 Å². The zero-order chi connectivity index (χ0) is 15.1. The first-order chi connectivity index (χ1) is 9.58. The summed E-state index contributed by atoms with van der Waals surface area (Å²) in [5.74, 6) is 0.995. The van der Waals surface area contributed by atoms with Crippen LogP contribution in [0.15, 0.2) is 18.2 Å². The molecule has 0 aliphatic carbocycles. The largest absolute Gasteiger partial charge is 0.494 e. The van der Waals surface area contributed by atoms with Gasteiger partial charge in [0.1, 0.15) is 0 Å². The quantitative estimate of drug-likeness (QED) is 0.779. The highest BCUT2D eigenvalue weighted by Crippen LogP contribution is 2.27. The van der Waals surface area contributed by atoms with Crippen molar-refractivity contribution in [1.29, 1.82) is 0 Å². The van der Waals surface area contributed by atoms with Crippen LogP contribution in [0.1, 0.15) is 44.0 Å². The van der Waals surface area contributed by atoms with Gasteiger partial charge in [0.05, 0.1) is 18.4 Å². The molecule has 0 heterocycles. The van der Waals surface area contributed by atoms with Crippen LogP contribution in [0, 0.1) is 5.92 Å². The topological polar surface area (TPSA) is 55.6 Å². The van der Waals surface area contributed by atoms with Crippen LogP contribution >= 0.6 is 0 Å². The molecule has 0 spiro atoms. The Kier molecular flexibility index (Phi) is 6.36. The molecule has 4 nitrogen and oxygen atoms in total. The smallest absolute Gasteiger partial charge is 0.257 e. The van der Waals surface area contributed by atoms with E-state index in [1.165, 1.54) is 0 Å². The summed E-state index contributed by atoms with van der Waals surface area (Å²) >= 11 is 0. The van der Waals surface area contributed by atoms with Crippen LogP contribution in [-0.4, -0.2) is 31.0 Å². The van der Waals surface area contributed by atoms with Gasteiger partial charge >= 0.3 is 0 Å². The Labute approximate surface area is 121 Å². The minimum Gasteiger partial charge on any atom is -0.494 e. The molecule has 0 aromatic heterocycles. The molecule has 0 bridgehead atoms. The molecule has 0 unspecified atom stereocenters. The summed E-state index contributed by atoms with van der Waals surface area (Å²) < 4.78 is 5.28. The third kappa shape index (κ3) is 3.65. The van der Waals surface area contributed by atoms with Gasteiger partial charge in [-0.15, -0.1) is 0 Å². The number of rotatable bonds is 7. The number of para-hydroxylation sites is 1. The highest BCUT2D eigenvalue weighted by Gasteiger charge is 2.21. The zero-order valence-electron chi connectivity index (χ0n) is 13.0. The number of hydrogen-bond donors (Lipinski definition) is 1. The molecule has 0 saturated heterocycles. The molecule has 0 atom stereocenters. The van der Waals surface area contributed by atoms with Gasteiger partial charge in [-0.05, 0) is 25.0 Å². The molecule has 0 aliphatic heterocycles. The van der Waals surface area contributed by atoms with Gasteiger partial charge in [0, 0.05) is 13.1 Å². The van der Waals surface area contributed by atoms with E-state index in [0.29, 0.717) is 29.5 Å². The predicted octanol–water partition coefficient (Wildman–Crippen LogP) is 3.18. The average Bonchev–Trinajstić information content (AvgIpc) is 2.47. The molecular formula is C16H26N2O2. The van der Waals surface area contributed by atoms with E-state index in [9.17, 15) is 4.79 Å². The molecule has 1 aromatic rings. The molecule has 0 fully saturated rings. The Balaban J connectivity index is 2.99. The lowest BCUT2D eigenvalue weighted by molar-refractivity contribution is 0.0731. The highest BCUT2D eigenvalue weighted by molar-refractivity contribution is 5.98. The number of nitrogens with zero attached hydrogens (tertiary/aromatic N) is 1. The molecule has 2 N–H and O–H groups in total. The van der Waals surface area contributed by atoms with Crippen LogP contribution in [0.5, 0.6) is 5.75 Å². The third-order valence-corrected chi connectivity index (χ3v) is 3.78. The monoisotopic (exact) mass is 278 g/mol. The Morgan fingerprint density at radius 1 is 1.30 bits per heavy atom. The maximum Gasteiger partial charge on any atom is 0.257 e. The normalized spacial score (nSPS) is 10.7. The number of ether oxygens (including phenoxy) is 1. The number of anilines is 1. The van der Waals surface area contributed by atoms with Crippen LogP contribution in [-0.2, 0) is 0 Å². The van der Waals surface area contributed by atoms with Crippen LogP contribution in [0.3, 0.4) is 0 Å². The van der Waals surface area contributed by atoms with Crippen LogP contribution in [0.25, 0.3) is 0 Å². The summed E-state index contributed by atoms with van der Waals surface area (Å²) in [4.78, 5) is 14.5. The second-order valence-corrected chi connectivity index (χ2v) is 4.95. The van der Waals surface area contributed by atoms with Crippen molar-refractivity contribution in [3.63, 3.8) is 0 Å². The van der Waals surface area contributed by atoms with Gasteiger partial charge < -0.3 is 15.4 Å². The minimum atomic E-state index is -0.0106. The fraction of sp³-hybridized carbons (Fsp3) is 0.562. The van der Waals surface area contributed by atoms with Crippen molar-refractivity contribution in [3.8, 4) is 5.75 Å². The number of amides is 1. The van der Waals surface area contributed by atoms with Crippen molar-refractivity contribution in [2.45, 2.75) is 33.6 Å². The summed E-state index contributed by atoms with van der Waals surface area (Å²) in [7, 11) is 1.54. The molecule has 1 rings (SSSR count). The number of benzene rings is 1. The van der Waals surface area contributed by atoms with Crippen molar-refractivity contribution < 1.29 is 9.53 Å². The summed E-state index contributed by atoms with van der Waals surface area (Å²) in [6.07, 6.45) is 2.16. The average molecular weight is 278 g/mol. The summed E-state index contributed by atoms with van der Waals surface area (Å²) in [5.41, 5.74) is 6.91. The number of nitrogen functional groups attached to an aromatic ring is 1. The SMILES string of the molecule is CCC(CC)CN(CC)C(=O)c1cccc(N)c1OC. The van der Waals surface area contributed by atoms with Crippen molar-refractivity contribution in [2.75, 3.05) is 25.9 Å². The van der Waals surface area contributed by atoms with E-state index in [4.69, 9.17) is 10.5 Å². The van der Waals surface area contributed by atoms with E-state index in [2.05, 4.69) is 13.8 Å². The minimum absolute atomic E-state index is 0.0106. The molecule has 1 amide bonds. The van der Waals surface area contributed by atoms with E-state index in [1.54, 1.807) is 25.3 Å². The molecule has 0 saturated carbocycles. The summed E-state index contributed by atoms with van der Waals surface area (Å²) in [5, 5.41) is 0. The maximum absolute atomic E-state index is 12.7. The lowest BCUT2D eigenvalue weighted by Crippen LogP contribution is -2.35. The molecule has 1 aromatic carbocycles. The lowest BCUT2D eigenvalue weighted by atomic mass is 10.0. The standard InChI is InChI=1S/C16H26N2O2/c1-5-12(6-2)11-18(7-3)16(19)13-9-8-10-14(17)15(13)20-4/h8-10,12H,5-7,11,17H2,1-4H3. The molecule has 0 radical (unpaired) electrons. The summed E-state index contributed by atoms with van der Waals surface area (Å²) in [6, 6.07) is 5.30. The zero-order valence-corrected chi connectivity index (χ0v) is 13.0. The van der Waals surface area contributed by atoms with Crippen molar-refractivity contribution in [3.05, 3.63) is 23.8 Å². The number of carbonyl (C=O) groups excluding carboxylic acids is 1. The van der Waals surface area contributed by atoms with Gasteiger partial charge in [-0.3, -0.25) is 4.79 Å². The fourth-order valence-electron chi connectivity index (χ4n) is 2.34. The predicted molar refractivity (Wildman–Crippen MR) is 83.1 cm³/mol. The number of carbonyl (C=O) groups is 1. The Morgan fingerprint density at radius 2 is 1.95 bits per heavy atom. The van der Waals surface area contributed by atoms with E-state index >= 15 is 0 Å². The van der Waals surface area contributed by atoms with Gasteiger partial charge in [0.25, 0.3) is 5.91 Å². The van der Waals surface area contributed by atoms with Crippen LogP contribution < -0.4 is 10.5 Å². The van der Waals surface area contributed by atoms with Crippen molar-refractivity contribution in [2.24, 2.45) is 5.92 Å². The third-order valence-electron chi connectivity index (χ3n) is 3.78. The first-order valence-corrected chi connectivity index (χ1v) is 7.30. The molecule has 0 aliphatic rings. The number of methoxy groups -OCH3 is 1. The van der Waals surface area contributed by atoms with Crippen LogP contribution in [0.4, 0.5) is 5.69 Å². The van der Waals surface area contributed by atoms with E-state index in [0.717, 1.165) is 19.4 Å². The highest BCUT2D eigenvalue weighted by atomic mass is 16.5. The van der Waals surface area contributed by atoms with Crippen molar-refractivity contribution >= 4 is 11.6 Å². The first-order valence-electron chi connectivity index (χ1n) is 7.30. The lowest BCUT2D eigenvalue weighted by Gasteiger charge is -2.26. The van der Waals surface area contributed by atoms with Gasteiger partial charge in [-0.2, -0.15) is 0 Å². The van der Waals surface area contributed by atoms with E-state index in [-0.39, 0.29) is 5.91 Å². The number of hydrogen-bond acceptors (Lipinski definition) is 3. The fourth-order valence-corrected chi connectivity index (χ4v) is 2.34. The van der Waals surface area contributed by atoms with Crippen molar-refractivity contribution in [1.82, 2.24) is 4.90 Å². The Hall–Kier alpha value is -1.71. The van der Waals surface area contributed by atoms with Gasteiger partial charge in [-0.25, -0.2) is 0 Å². The second-order valence-electron chi connectivity index (χ2n) is 4.95. The van der Waals surface area contributed by atoms with Gasteiger partial charge in [0.15, 0.2) is 5.75 Å². The second kappa shape index (κ2) is 7.78. The Bertz CT molecular complexity index is 442. The molecule has 20 heavy (non-hydrogen) atoms. The van der Waals surface area contributed by atoms with E-state index in [1.807, 2.05) is 11.8 Å². The molecule has 112 valence electrons. The summed E-state index contributed by atoms with van der Waals surface area (Å²) in [6.45, 7) is 7.79. The Morgan fingerprint density at radius 3 is 2.45 bits per heavy atom. The first kappa shape index (κ1) is 16.3. The number of nitrogens with two attached hydrogens (primary N) is 1. The molecule has 4 heteroatoms. The molecular weight excluding hydrogens is 252 g/mol. The maximum atomic E-state index is 12.7. The van der Waals surface area contributed by atoms with Crippen LogP contribution in [0.2, 0.25) is 0 Å².